The summed E-state index contributed by atoms with van der Waals surface area (Å²) in [6, 6.07) is -0.0749. The van der Waals surface area contributed by atoms with Gasteiger partial charge in [0.15, 0.2) is 0 Å². The van der Waals surface area contributed by atoms with Crippen molar-refractivity contribution in [3.8, 4) is 0 Å². The highest BCUT2D eigenvalue weighted by Gasteiger charge is 2.42. The molecule has 2 rings (SSSR count). The zero-order chi connectivity index (χ0) is 14.0. The Morgan fingerprint density at radius 3 is 2.63 bits per heavy atom. The molecule has 1 fully saturated rings. The Kier molecular flexibility index (Phi) is 4.18. The molecule has 108 valence electrons. The van der Waals surface area contributed by atoms with Crippen molar-refractivity contribution in [1.29, 1.82) is 0 Å². The Morgan fingerprint density at radius 2 is 2.05 bits per heavy atom. The number of alkyl halides is 3. The van der Waals surface area contributed by atoms with Gasteiger partial charge in [0.05, 0.1) is 11.6 Å². The predicted molar refractivity (Wildman–Crippen MR) is 64.6 cm³/mol. The average Bonchev–Trinajstić information content (AvgIpc) is 2.66. The highest BCUT2D eigenvalue weighted by Crippen LogP contribution is 2.37. The molecule has 1 aromatic rings. The summed E-state index contributed by atoms with van der Waals surface area (Å²) < 4.78 is 43.2. The Labute approximate surface area is 110 Å². The third kappa shape index (κ3) is 3.49. The second kappa shape index (κ2) is 5.53. The monoisotopic (exact) mass is 276 g/mol. The van der Waals surface area contributed by atoms with Crippen molar-refractivity contribution in [2.45, 2.75) is 58.3 Å². The maximum Gasteiger partial charge on any atom is 0.391 e. The zero-order valence-corrected chi connectivity index (χ0v) is 11.2. The quantitative estimate of drug-likeness (QED) is 0.918. The van der Waals surface area contributed by atoms with Crippen LogP contribution in [-0.4, -0.2) is 17.4 Å². The van der Waals surface area contributed by atoms with Gasteiger partial charge in [0.2, 0.25) is 0 Å². The molecule has 0 aromatic carbocycles. The highest BCUT2D eigenvalue weighted by atomic mass is 19.4. The highest BCUT2D eigenvalue weighted by molar-refractivity contribution is 5.20. The van der Waals surface area contributed by atoms with E-state index in [4.69, 9.17) is 4.52 Å². The summed E-state index contributed by atoms with van der Waals surface area (Å²) in [5.41, 5.74) is 1.75. The van der Waals surface area contributed by atoms with E-state index < -0.39 is 12.1 Å². The lowest BCUT2D eigenvalue weighted by molar-refractivity contribution is -0.183. The van der Waals surface area contributed by atoms with Crippen LogP contribution in [0.25, 0.3) is 0 Å². The Bertz CT molecular complexity index is 409. The number of nitrogens with zero attached hydrogens (tertiary/aromatic N) is 1. The van der Waals surface area contributed by atoms with Crippen molar-refractivity contribution >= 4 is 0 Å². The first-order valence-corrected chi connectivity index (χ1v) is 6.59. The molecule has 2 atom stereocenters. The molecular formula is C13H19F3N2O. The lowest BCUT2D eigenvalue weighted by Gasteiger charge is -2.31. The third-order valence-corrected chi connectivity index (χ3v) is 3.89. The van der Waals surface area contributed by atoms with Gasteiger partial charge in [0, 0.05) is 18.2 Å². The first kappa shape index (κ1) is 14.4. The van der Waals surface area contributed by atoms with E-state index in [-0.39, 0.29) is 18.9 Å². The molecule has 0 amide bonds. The summed E-state index contributed by atoms with van der Waals surface area (Å²) in [5, 5.41) is 7.05. The van der Waals surface area contributed by atoms with E-state index in [1.54, 1.807) is 0 Å². The fraction of sp³-hybridized carbons (Fsp3) is 0.769. The minimum Gasteiger partial charge on any atom is -0.361 e. The number of halogens is 3. The van der Waals surface area contributed by atoms with E-state index in [1.807, 2.05) is 13.8 Å². The molecule has 0 unspecified atom stereocenters. The molecule has 0 aliphatic heterocycles. The summed E-state index contributed by atoms with van der Waals surface area (Å²) in [6.07, 6.45) is -2.21. The number of aryl methyl sites for hydroxylation is 2. The predicted octanol–water partition coefficient (Wildman–Crippen LogP) is 3.50. The van der Waals surface area contributed by atoms with Crippen LogP contribution in [0.1, 0.15) is 42.7 Å². The van der Waals surface area contributed by atoms with Gasteiger partial charge in [0.25, 0.3) is 0 Å². The SMILES string of the molecule is Cc1noc(C)c1CN[C@H]1CCC[C@H](C(F)(F)F)C1. The van der Waals surface area contributed by atoms with Crippen LogP contribution < -0.4 is 5.32 Å². The maximum absolute atomic E-state index is 12.7. The van der Waals surface area contributed by atoms with Crippen molar-refractivity contribution in [2.24, 2.45) is 5.92 Å². The molecule has 1 saturated carbocycles. The standard InChI is InChI=1S/C13H19F3N2O/c1-8-12(9(2)19-18-8)7-17-11-5-3-4-10(6-11)13(14,15)16/h10-11,17H,3-7H2,1-2H3/t10-,11-/m0/s1. The number of hydrogen-bond donors (Lipinski definition) is 1. The van der Waals surface area contributed by atoms with Gasteiger partial charge in [-0.15, -0.1) is 0 Å². The van der Waals surface area contributed by atoms with E-state index in [0.29, 0.717) is 13.0 Å². The summed E-state index contributed by atoms with van der Waals surface area (Å²) in [7, 11) is 0. The lowest BCUT2D eigenvalue weighted by atomic mass is 9.85. The van der Waals surface area contributed by atoms with E-state index in [1.165, 1.54) is 0 Å². The maximum atomic E-state index is 12.7. The molecule has 1 aromatic heterocycles. The van der Waals surface area contributed by atoms with Crippen molar-refractivity contribution in [2.75, 3.05) is 0 Å². The van der Waals surface area contributed by atoms with Crippen LogP contribution in [0.5, 0.6) is 0 Å². The fourth-order valence-electron chi connectivity index (χ4n) is 2.67. The number of aromatic nitrogens is 1. The summed E-state index contributed by atoms with van der Waals surface area (Å²) in [6.45, 7) is 4.18. The summed E-state index contributed by atoms with van der Waals surface area (Å²) in [5.74, 6) is -0.434. The number of hydrogen-bond acceptors (Lipinski definition) is 3. The van der Waals surface area contributed by atoms with Gasteiger partial charge in [-0.25, -0.2) is 0 Å². The number of rotatable bonds is 3. The Hall–Kier alpha value is -1.04. The minimum atomic E-state index is -4.07. The number of nitrogens with one attached hydrogen (secondary N) is 1. The van der Waals surface area contributed by atoms with Crippen LogP contribution in [0.2, 0.25) is 0 Å². The molecule has 0 radical (unpaired) electrons. The summed E-state index contributed by atoms with van der Waals surface area (Å²) in [4.78, 5) is 0. The topological polar surface area (TPSA) is 38.1 Å². The molecule has 0 saturated heterocycles. The van der Waals surface area contributed by atoms with Crippen molar-refractivity contribution in [1.82, 2.24) is 10.5 Å². The zero-order valence-electron chi connectivity index (χ0n) is 11.2. The van der Waals surface area contributed by atoms with Crippen LogP contribution in [0.4, 0.5) is 13.2 Å². The van der Waals surface area contributed by atoms with Gasteiger partial charge in [0.1, 0.15) is 5.76 Å². The first-order chi connectivity index (χ1) is 8.88. The van der Waals surface area contributed by atoms with E-state index in [9.17, 15) is 13.2 Å². The van der Waals surface area contributed by atoms with Gasteiger partial charge < -0.3 is 9.84 Å². The molecule has 1 heterocycles. The van der Waals surface area contributed by atoms with E-state index >= 15 is 0 Å². The summed E-state index contributed by atoms with van der Waals surface area (Å²) >= 11 is 0. The lowest BCUT2D eigenvalue weighted by Crippen LogP contribution is -2.38. The normalized spacial score (nSPS) is 24.7. The van der Waals surface area contributed by atoms with Crippen molar-refractivity contribution in [3.63, 3.8) is 0 Å². The molecule has 1 aliphatic rings. The third-order valence-electron chi connectivity index (χ3n) is 3.89. The smallest absolute Gasteiger partial charge is 0.361 e. The van der Waals surface area contributed by atoms with Crippen LogP contribution in [0.15, 0.2) is 4.52 Å². The van der Waals surface area contributed by atoms with Gasteiger partial charge >= 0.3 is 6.18 Å². The molecular weight excluding hydrogens is 257 g/mol. The average molecular weight is 276 g/mol. The first-order valence-electron chi connectivity index (χ1n) is 6.59. The largest absolute Gasteiger partial charge is 0.391 e. The van der Waals surface area contributed by atoms with Crippen LogP contribution in [-0.2, 0) is 6.54 Å². The molecule has 1 N–H and O–H groups in total. The molecule has 1 aliphatic carbocycles. The Balaban J connectivity index is 1.90. The van der Waals surface area contributed by atoms with Crippen LogP contribution in [0, 0.1) is 19.8 Å². The molecule has 0 spiro atoms. The van der Waals surface area contributed by atoms with Gasteiger partial charge in [-0.2, -0.15) is 13.2 Å². The van der Waals surface area contributed by atoms with Gasteiger partial charge in [-0.3, -0.25) is 0 Å². The van der Waals surface area contributed by atoms with Gasteiger partial charge in [-0.05, 0) is 33.1 Å². The second-order valence-corrected chi connectivity index (χ2v) is 5.29. The minimum absolute atomic E-state index is 0.0749. The van der Waals surface area contributed by atoms with Crippen molar-refractivity contribution in [3.05, 3.63) is 17.0 Å². The second-order valence-electron chi connectivity index (χ2n) is 5.29. The molecule has 6 heteroatoms. The van der Waals surface area contributed by atoms with E-state index in [0.717, 1.165) is 23.4 Å². The van der Waals surface area contributed by atoms with E-state index in [2.05, 4.69) is 10.5 Å². The van der Waals surface area contributed by atoms with Crippen LogP contribution >= 0.6 is 0 Å². The fourth-order valence-corrected chi connectivity index (χ4v) is 2.67. The molecule has 3 nitrogen and oxygen atoms in total. The van der Waals surface area contributed by atoms with Crippen molar-refractivity contribution < 1.29 is 17.7 Å². The molecule has 0 bridgehead atoms. The van der Waals surface area contributed by atoms with Gasteiger partial charge in [-0.1, -0.05) is 11.6 Å². The molecule has 19 heavy (non-hydrogen) atoms. The Morgan fingerprint density at radius 1 is 1.32 bits per heavy atom. The van der Waals surface area contributed by atoms with Crippen LogP contribution in [0.3, 0.4) is 0 Å².